The highest BCUT2D eigenvalue weighted by Crippen LogP contribution is 2.42. The van der Waals surface area contributed by atoms with Crippen LogP contribution >= 0.6 is 0 Å². The fourth-order valence-corrected chi connectivity index (χ4v) is 8.53. The number of carbonyl (C=O) groups excluding carboxylic acids is 1. The van der Waals surface area contributed by atoms with Crippen molar-refractivity contribution in [2.75, 3.05) is 58.3 Å². The number of nitrogens with zero attached hydrogens (tertiary/aromatic N) is 1. The molecule has 0 aliphatic heterocycles. The largest absolute Gasteiger partial charge is 0.490 e. The monoisotopic (exact) mass is 807 g/mol. The van der Waals surface area contributed by atoms with Crippen molar-refractivity contribution in [1.29, 1.82) is 0 Å². The number of benzene rings is 7. The molecule has 0 unspecified atom stereocenters. The highest BCUT2D eigenvalue weighted by atomic mass is 16.6. The molecule has 0 N–H and O–H groups in total. The Labute approximate surface area is 358 Å². The van der Waals surface area contributed by atoms with Crippen LogP contribution in [0.2, 0.25) is 0 Å². The van der Waals surface area contributed by atoms with Crippen molar-refractivity contribution in [2.24, 2.45) is 0 Å². The van der Waals surface area contributed by atoms with Gasteiger partial charge >= 0.3 is 5.97 Å². The number of esters is 1. The second kappa shape index (κ2) is 18.4. The van der Waals surface area contributed by atoms with Crippen molar-refractivity contribution < 1.29 is 28.5 Å². The number of hydrogen-bond acceptors (Lipinski definition) is 7. The number of methoxy groups -OCH3 is 1. The maximum Gasteiger partial charge on any atom is 0.341 e. The maximum atomic E-state index is 13.5. The first-order chi connectivity index (χ1) is 30.1. The van der Waals surface area contributed by atoms with E-state index in [9.17, 15) is 4.79 Å². The van der Waals surface area contributed by atoms with Gasteiger partial charge < -0.3 is 28.6 Å². The van der Waals surface area contributed by atoms with Crippen molar-refractivity contribution in [3.8, 4) is 50.3 Å². The van der Waals surface area contributed by atoms with Gasteiger partial charge in [-0.25, -0.2) is 4.79 Å². The van der Waals surface area contributed by atoms with Gasteiger partial charge in [0, 0.05) is 24.2 Å². The standard InChI is InChI=1S/C54H49NO6/c1-3-60-54(56)52-36-47(22-25-53(52)61-31-30-59-29-28-58-27-26-57-2)55(45-18-12-37(13-19-45)39-16-23-50-43(32-39)34-41-8-4-6-10-48(41)50)46-20-14-38(15-21-46)40-17-24-51-44(33-40)35-42-9-5-7-11-49(42)51/h4-25,32-33,36H,3,26-31,34-35H2,1-2H3. The molecule has 0 amide bonds. The van der Waals surface area contributed by atoms with Gasteiger partial charge in [-0.1, -0.05) is 109 Å². The molecule has 9 rings (SSSR count). The van der Waals surface area contributed by atoms with Gasteiger partial charge in [-0.15, -0.1) is 0 Å². The maximum absolute atomic E-state index is 13.5. The lowest BCUT2D eigenvalue weighted by Gasteiger charge is -2.27. The zero-order valence-corrected chi connectivity index (χ0v) is 34.7. The van der Waals surface area contributed by atoms with E-state index in [1.807, 2.05) is 18.2 Å². The first-order valence-electron chi connectivity index (χ1n) is 21.1. The average molecular weight is 808 g/mol. The van der Waals surface area contributed by atoms with Crippen LogP contribution in [0, 0.1) is 0 Å². The van der Waals surface area contributed by atoms with Crippen LogP contribution in [0.25, 0.3) is 44.5 Å². The van der Waals surface area contributed by atoms with Gasteiger partial charge in [-0.3, -0.25) is 0 Å². The van der Waals surface area contributed by atoms with Gasteiger partial charge in [0.25, 0.3) is 0 Å². The minimum absolute atomic E-state index is 0.241. The zero-order chi connectivity index (χ0) is 41.5. The molecular weight excluding hydrogens is 759 g/mol. The summed E-state index contributed by atoms with van der Waals surface area (Å²) in [5, 5.41) is 0. The normalized spacial score (nSPS) is 12.0. The predicted octanol–water partition coefficient (Wildman–Crippen LogP) is 11.9. The van der Waals surface area contributed by atoms with Crippen LogP contribution in [-0.4, -0.2) is 59.3 Å². The summed E-state index contributed by atoms with van der Waals surface area (Å²) < 4.78 is 27.9. The Morgan fingerprint density at radius 2 is 0.967 bits per heavy atom. The lowest BCUT2D eigenvalue weighted by Crippen LogP contribution is -2.15. The molecule has 0 saturated heterocycles. The van der Waals surface area contributed by atoms with Crippen molar-refractivity contribution in [3.05, 3.63) is 179 Å². The molecule has 0 saturated carbocycles. The van der Waals surface area contributed by atoms with Crippen LogP contribution in [-0.2, 0) is 31.8 Å². The van der Waals surface area contributed by atoms with Crippen LogP contribution in [0.3, 0.4) is 0 Å². The SMILES string of the molecule is CCOC(=O)c1cc(N(c2ccc(-c3ccc4c(c3)Cc3ccccc3-4)cc2)c2ccc(-c3ccc4c(c3)Cc3ccccc3-4)cc2)ccc1OCCOCCOCCOC. The predicted molar refractivity (Wildman–Crippen MR) is 243 cm³/mol. The van der Waals surface area contributed by atoms with E-state index in [0.717, 1.165) is 41.0 Å². The fraction of sp³-hybridized carbons (Fsp3) is 0.204. The summed E-state index contributed by atoms with van der Waals surface area (Å²) >= 11 is 0. The summed E-state index contributed by atoms with van der Waals surface area (Å²) in [7, 11) is 1.64. The molecule has 0 spiro atoms. The van der Waals surface area contributed by atoms with E-state index in [2.05, 4.69) is 138 Å². The van der Waals surface area contributed by atoms with Crippen molar-refractivity contribution >= 4 is 23.0 Å². The molecule has 7 aromatic carbocycles. The van der Waals surface area contributed by atoms with Crippen LogP contribution in [0.5, 0.6) is 5.75 Å². The summed E-state index contributed by atoms with van der Waals surface area (Å²) in [4.78, 5) is 15.7. The Morgan fingerprint density at radius 3 is 1.51 bits per heavy atom. The van der Waals surface area contributed by atoms with Crippen molar-refractivity contribution in [2.45, 2.75) is 19.8 Å². The summed E-state index contributed by atoms with van der Waals surface area (Å²) in [6, 6.07) is 53.9. The molecule has 306 valence electrons. The van der Waals surface area contributed by atoms with E-state index < -0.39 is 5.97 Å². The minimum Gasteiger partial charge on any atom is -0.490 e. The molecule has 0 radical (unpaired) electrons. The number of ether oxygens (including phenoxy) is 5. The number of hydrogen-bond donors (Lipinski definition) is 0. The van der Waals surface area contributed by atoms with E-state index in [4.69, 9.17) is 23.7 Å². The highest BCUT2D eigenvalue weighted by Gasteiger charge is 2.22. The molecule has 7 heteroatoms. The fourth-order valence-electron chi connectivity index (χ4n) is 8.53. The van der Waals surface area contributed by atoms with Gasteiger partial charge in [0.15, 0.2) is 0 Å². The average Bonchev–Trinajstić information content (AvgIpc) is 3.87. The van der Waals surface area contributed by atoms with Gasteiger partial charge in [0.2, 0.25) is 0 Å². The summed E-state index contributed by atoms with van der Waals surface area (Å²) in [6.07, 6.45) is 1.89. The third-order valence-corrected chi connectivity index (χ3v) is 11.5. The number of fused-ring (bicyclic) bond motifs is 6. The van der Waals surface area contributed by atoms with E-state index >= 15 is 0 Å². The molecule has 0 aromatic heterocycles. The Bertz CT molecular complexity index is 2510. The number of anilines is 3. The Morgan fingerprint density at radius 1 is 0.492 bits per heavy atom. The first-order valence-corrected chi connectivity index (χ1v) is 21.1. The highest BCUT2D eigenvalue weighted by molar-refractivity contribution is 5.95. The third kappa shape index (κ3) is 8.59. The van der Waals surface area contributed by atoms with Crippen LogP contribution in [0.4, 0.5) is 17.1 Å². The third-order valence-electron chi connectivity index (χ3n) is 11.5. The van der Waals surface area contributed by atoms with Gasteiger partial charge in [-0.05, 0) is 129 Å². The molecule has 0 atom stereocenters. The van der Waals surface area contributed by atoms with Crippen molar-refractivity contribution in [3.63, 3.8) is 0 Å². The van der Waals surface area contributed by atoms with Crippen LogP contribution in [0.1, 0.15) is 39.5 Å². The van der Waals surface area contributed by atoms with E-state index in [0.29, 0.717) is 44.3 Å². The second-order valence-electron chi connectivity index (χ2n) is 15.3. The Balaban J connectivity index is 1.01. The van der Waals surface area contributed by atoms with Crippen LogP contribution in [0.15, 0.2) is 152 Å². The molecular formula is C54H49NO6. The summed E-state index contributed by atoms with van der Waals surface area (Å²) in [5.74, 6) is -0.0136. The van der Waals surface area contributed by atoms with Gasteiger partial charge in [-0.2, -0.15) is 0 Å². The second-order valence-corrected chi connectivity index (χ2v) is 15.3. The van der Waals surface area contributed by atoms with Gasteiger partial charge in [0.1, 0.15) is 17.9 Å². The van der Waals surface area contributed by atoms with E-state index in [1.165, 1.54) is 55.6 Å². The number of carbonyl (C=O) groups is 1. The topological polar surface area (TPSA) is 66.5 Å². The first kappa shape index (κ1) is 39.9. The Hall–Kier alpha value is -6.51. The van der Waals surface area contributed by atoms with E-state index in [1.54, 1.807) is 14.0 Å². The molecule has 0 heterocycles. The summed E-state index contributed by atoms with van der Waals surface area (Å²) in [5.41, 5.74) is 18.4. The van der Waals surface area contributed by atoms with Gasteiger partial charge in [0.05, 0.1) is 39.6 Å². The molecule has 7 aromatic rings. The lowest BCUT2D eigenvalue weighted by atomic mass is 9.98. The molecule has 0 fully saturated rings. The van der Waals surface area contributed by atoms with Crippen LogP contribution < -0.4 is 9.64 Å². The lowest BCUT2D eigenvalue weighted by molar-refractivity contribution is 0.0178. The van der Waals surface area contributed by atoms with E-state index in [-0.39, 0.29) is 13.2 Å². The molecule has 2 aliphatic rings. The zero-order valence-electron chi connectivity index (χ0n) is 34.7. The molecule has 2 aliphatic carbocycles. The van der Waals surface area contributed by atoms with Crippen molar-refractivity contribution in [1.82, 2.24) is 0 Å². The molecule has 7 nitrogen and oxygen atoms in total. The number of rotatable bonds is 17. The summed E-state index contributed by atoms with van der Waals surface area (Å²) in [6.45, 7) is 4.62. The molecule has 0 bridgehead atoms. The smallest absolute Gasteiger partial charge is 0.341 e. The minimum atomic E-state index is -0.449. The molecule has 61 heavy (non-hydrogen) atoms. The Kier molecular flexibility index (Phi) is 12.0. The quantitative estimate of drug-likeness (QED) is 0.0670.